The summed E-state index contributed by atoms with van der Waals surface area (Å²) in [5.74, 6) is 0.458. The van der Waals surface area contributed by atoms with Gasteiger partial charge in [-0.05, 0) is 79.6 Å². The van der Waals surface area contributed by atoms with Gasteiger partial charge in [-0.3, -0.25) is 0 Å². The fraction of sp³-hybridized carbons (Fsp3) is 0.292. The number of esters is 1. The fourth-order valence-corrected chi connectivity index (χ4v) is 3.55. The van der Waals surface area contributed by atoms with Gasteiger partial charge in [-0.25, -0.2) is 4.79 Å². The third-order valence-electron chi connectivity index (χ3n) is 4.61. The Morgan fingerprint density at radius 3 is 2.22 bits per heavy atom. The summed E-state index contributed by atoms with van der Waals surface area (Å²) in [7, 11) is -3.56. The third-order valence-corrected chi connectivity index (χ3v) is 5.11. The Kier molecular flexibility index (Phi) is 6.93. The summed E-state index contributed by atoms with van der Waals surface area (Å²) in [6.07, 6.45) is 1.02. The van der Waals surface area contributed by atoms with Crippen molar-refractivity contribution in [3.8, 4) is 11.5 Å². The highest BCUT2D eigenvalue weighted by atomic mass is 32.2. The van der Waals surface area contributed by atoms with Gasteiger partial charge in [0.1, 0.15) is 11.5 Å². The maximum atomic E-state index is 12.0. The molecule has 0 amide bonds. The topological polar surface area (TPSA) is 90.9 Å². The van der Waals surface area contributed by atoms with Gasteiger partial charge in [0.05, 0.1) is 12.9 Å². The molecule has 0 heterocycles. The lowest BCUT2D eigenvalue weighted by atomic mass is 10.1. The number of hydrogen-bond donors (Lipinski definition) is 1. The van der Waals surface area contributed by atoms with Crippen LogP contribution in [0.5, 0.6) is 11.5 Å². The van der Waals surface area contributed by atoms with E-state index in [1.165, 1.54) is 0 Å². The molecule has 1 N–H and O–H groups in total. The van der Waals surface area contributed by atoms with Crippen molar-refractivity contribution in [3.63, 3.8) is 0 Å². The first kappa shape index (κ1) is 23.4. The van der Waals surface area contributed by atoms with Crippen molar-refractivity contribution in [2.75, 3.05) is 18.2 Å². The predicted octanol–water partition coefficient (Wildman–Crippen LogP) is 4.51. The van der Waals surface area contributed by atoms with E-state index < -0.39 is 21.7 Å². The Balaban J connectivity index is 1.62. The van der Waals surface area contributed by atoms with Crippen LogP contribution in [0.15, 0.2) is 60.7 Å². The second kappa shape index (κ2) is 9.48. The lowest BCUT2D eigenvalue weighted by Gasteiger charge is -2.24. The molecule has 32 heavy (non-hydrogen) atoms. The van der Waals surface area contributed by atoms with Gasteiger partial charge in [0.25, 0.3) is 0 Å². The molecule has 0 aromatic heterocycles. The normalized spacial score (nSPS) is 11.8. The van der Waals surface area contributed by atoms with Gasteiger partial charge in [0, 0.05) is 12.2 Å². The molecule has 0 aliphatic carbocycles. The van der Waals surface area contributed by atoms with Crippen LogP contribution < -0.4 is 14.2 Å². The lowest BCUT2D eigenvalue weighted by Crippen LogP contribution is -2.39. The zero-order chi connectivity index (χ0) is 23.4. The van der Waals surface area contributed by atoms with Crippen molar-refractivity contribution in [1.29, 1.82) is 0 Å². The summed E-state index contributed by atoms with van der Waals surface area (Å²) in [6, 6.07) is 18.5. The second-order valence-electron chi connectivity index (χ2n) is 7.84. The van der Waals surface area contributed by atoms with Crippen molar-refractivity contribution in [1.82, 2.24) is 0 Å². The van der Waals surface area contributed by atoms with Crippen LogP contribution in [0.4, 0.5) is 5.69 Å². The van der Waals surface area contributed by atoms with Crippen LogP contribution in [-0.4, -0.2) is 32.9 Å². The molecule has 0 saturated carbocycles. The van der Waals surface area contributed by atoms with Crippen LogP contribution in [0.2, 0.25) is 0 Å². The molecular weight excluding hydrogens is 430 g/mol. The van der Waals surface area contributed by atoms with E-state index in [9.17, 15) is 13.2 Å². The van der Waals surface area contributed by atoms with E-state index in [2.05, 4.69) is 5.32 Å². The highest BCUT2D eigenvalue weighted by Gasteiger charge is 2.31. The molecule has 0 aliphatic heterocycles. The number of ether oxygens (including phenoxy) is 2. The van der Waals surface area contributed by atoms with Crippen LogP contribution >= 0.6 is 0 Å². The lowest BCUT2D eigenvalue weighted by molar-refractivity contribution is -0.158. The molecule has 0 spiro atoms. The minimum absolute atomic E-state index is 0.291. The quantitative estimate of drug-likeness (QED) is 0.373. The van der Waals surface area contributed by atoms with Crippen molar-refractivity contribution in [2.45, 2.75) is 32.9 Å². The Hall–Kier alpha value is -3.26. The van der Waals surface area contributed by atoms with Crippen molar-refractivity contribution >= 4 is 32.5 Å². The molecule has 0 saturated heterocycles. The molecule has 0 atom stereocenters. The number of fused-ring (bicyclic) bond motifs is 1. The highest BCUT2D eigenvalue weighted by molar-refractivity contribution is 7.86. The molecule has 0 unspecified atom stereocenters. The van der Waals surface area contributed by atoms with Crippen LogP contribution in [0.25, 0.3) is 10.8 Å². The minimum Gasteiger partial charge on any atom is -0.476 e. The molecule has 0 bridgehead atoms. The van der Waals surface area contributed by atoms with E-state index in [-0.39, 0.29) is 0 Å². The van der Waals surface area contributed by atoms with Crippen LogP contribution in [-0.2, 0) is 26.2 Å². The summed E-state index contributed by atoms with van der Waals surface area (Å²) in [5, 5.41) is 5.22. The monoisotopic (exact) mass is 457 g/mol. The number of nitrogens with one attached hydrogen (secondary N) is 1. The number of hydrogen-bond acceptors (Lipinski definition) is 7. The zero-order valence-corrected chi connectivity index (χ0v) is 19.4. The molecule has 3 aromatic carbocycles. The molecule has 8 heteroatoms. The number of rotatable bonds is 9. The van der Waals surface area contributed by atoms with Gasteiger partial charge in [0.2, 0.25) is 0 Å². The molecule has 0 aliphatic rings. The van der Waals surface area contributed by atoms with Crippen molar-refractivity contribution in [2.24, 2.45) is 0 Å². The van der Waals surface area contributed by atoms with Crippen LogP contribution in [0.1, 0.15) is 26.3 Å². The average molecular weight is 458 g/mol. The van der Waals surface area contributed by atoms with E-state index >= 15 is 0 Å². The van der Waals surface area contributed by atoms with E-state index in [1.807, 2.05) is 36.4 Å². The maximum Gasteiger partial charge on any atom is 0.349 e. The summed E-state index contributed by atoms with van der Waals surface area (Å²) in [4.78, 5) is 12.0. The SMILES string of the molecule is CCOC(=O)C(C)(C)Oc1ccc(NCc2ccc3cc(OS(C)(=O)=O)ccc3c2)cc1. The first-order chi connectivity index (χ1) is 15.1. The zero-order valence-electron chi connectivity index (χ0n) is 18.5. The van der Waals surface area contributed by atoms with E-state index in [4.69, 9.17) is 13.7 Å². The van der Waals surface area contributed by atoms with Gasteiger partial charge in [0.15, 0.2) is 5.60 Å². The molecular formula is C24H27NO6S. The molecule has 0 fully saturated rings. The van der Waals surface area contributed by atoms with Gasteiger partial charge < -0.3 is 19.0 Å². The third kappa shape index (κ3) is 6.37. The standard InChI is InChI=1S/C24H27NO6S/c1-5-29-23(26)24(2,3)30-21-12-9-20(10-13-21)25-16-17-6-7-19-15-22(31-32(4,27)28)11-8-18(19)14-17/h6-15,25H,5,16H2,1-4H3. The number of anilines is 1. The van der Waals surface area contributed by atoms with E-state index in [0.29, 0.717) is 24.7 Å². The van der Waals surface area contributed by atoms with Crippen LogP contribution in [0.3, 0.4) is 0 Å². The smallest absolute Gasteiger partial charge is 0.349 e. The van der Waals surface area contributed by atoms with Gasteiger partial charge in [-0.2, -0.15) is 8.42 Å². The Bertz CT molecular complexity index is 1200. The maximum absolute atomic E-state index is 12.0. The fourth-order valence-electron chi connectivity index (χ4n) is 3.10. The summed E-state index contributed by atoms with van der Waals surface area (Å²) in [5.41, 5.74) is 0.906. The summed E-state index contributed by atoms with van der Waals surface area (Å²) < 4.78 is 38.3. The molecule has 0 radical (unpaired) electrons. The van der Waals surface area contributed by atoms with Crippen molar-refractivity contribution < 1.29 is 26.9 Å². The van der Waals surface area contributed by atoms with Gasteiger partial charge >= 0.3 is 16.1 Å². The minimum atomic E-state index is -3.56. The highest BCUT2D eigenvalue weighted by Crippen LogP contribution is 2.25. The molecule has 3 aromatic rings. The Morgan fingerprint density at radius 2 is 1.56 bits per heavy atom. The Morgan fingerprint density at radius 1 is 0.938 bits per heavy atom. The molecule has 170 valence electrons. The number of benzene rings is 3. The predicted molar refractivity (Wildman–Crippen MR) is 125 cm³/mol. The van der Waals surface area contributed by atoms with E-state index in [0.717, 1.165) is 28.3 Å². The van der Waals surface area contributed by atoms with Gasteiger partial charge in [-0.15, -0.1) is 0 Å². The first-order valence-electron chi connectivity index (χ1n) is 10.2. The second-order valence-corrected chi connectivity index (χ2v) is 9.42. The number of carbonyl (C=O) groups is 1. The largest absolute Gasteiger partial charge is 0.476 e. The Labute approximate surface area is 188 Å². The first-order valence-corrected chi connectivity index (χ1v) is 12.0. The van der Waals surface area contributed by atoms with Crippen molar-refractivity contribution in [3.05, 3.63) is 66.2 Å². The average Bonchev–Trinajstić information content (AvgIpc) is 2.72. The van der Waals surface area contributed by atoms with Crippen LogP contribution in [0, 0.1) is 0 Å². The molecule has 3 rings (SSSR count). The summed E-state index contributed by atoms with van der Waals surface area (Å²) >= 11 is 0. The van der Waals surface area contributed by atoms with Gasteiger partial charge in [-0.1, -0.05) is 18.2 Å². The summed E-state index contributed by atoms with van der Waals surface area (Å²) in [6.45, 7) is 6.01. The number of carbonyl (C=O) groups excluding carboxylic acids is 1. The van der Waals surface area contributed by atoms with E-state index in [1.54, 1.807) is 45.0 Å². The molecule has 7 nitrogen and oxygen atoms in total.